The minimum atomic E-state index is -0.118. The fourth-order valence-electron chi connectivity index (χ4n) is 2.86. The van der Waals surface area contributed by atoms with Gasteiger partial charge in [0.05, 0.1) is 18.0 Å². The number of carbonyl (C=O) groups excluding carboxylic acids is 1. The first-order valence-corrected chi connectivity index (χ1v) is 10.8. The monoisotopic (exact) mass is 408 g/mol. The second kappa shape index (κ2) is 9.43. The number of morpholine rings is 1. The zero-order chi connectivity index (χ0) is 19.2. The largest absolute Gasteiger partial charge is 0.372 e. The van der Waals surface area contributed by atoms with E-state index in [9.17, 15) is 4.79 Å². The van der Waals surface area contributed by atoms with E-state index in [4.69, 9.17) is 4.74 Å². The minimum Gasteiger partial charge on any atom is -0.372 e. The SMILES string of the molecule is CCCc1nnc(NC(=O)CSc2cc(N3CC(C)OC(C)C3)ncn2)s1. The molecule has 146 valence electrons. The summed E-state index contributed by atoms with van der Waals surface area (Å²) in [6.07, 6.45) is 3.76. The van der Waals surface area contributed by atoms with Crippen LogP contribution < -0.4 is 10.2 Å². The molecule has 2 atom stereocenters. The Bertz CT molecular complexity index is 761. The summed E-state index contributed by atoms with van der Waals surface area (Å²) in [5, 5.41) is 13.1. The molecule has 2 aromatic heterocycles. The normalized spacial score (nSPS) is 19.9. The van der Waals surface area contributed by atoms with Crippen LogP contribution in [0.25, 0.3) is 0 Å². The van der Waals surface area contributed by atoms with E-state index in [2.05, 4.69) is 51.2 Å². The smallest absolute Gasteiger partial charge is 0.236 e. The molecule has 2 unspecified atom stereocenters. The van der Waals surface area contributed by atoms with Crippen molar-refractivity contribution in [2.75, 3.05) is 29.1 Å². The highest BCUT2D eigenvalue weighted by Gasteiger charge is 2.23. The second-order valence-corrected chi connectivity index (χ2v) is 8.52. The van der Waals surface area contributed by atoms with E-state index in [-0.39, 0.29) is 23.9 Å². The van der Waals surface area contributed by atoms with E-state index >= 15 is 0 Å². The minimum absolute atomic E-state index is 0.118. The third-order valence-electron chi connectivity index (χ3n) is 3.90. The molecule has 2 aromatic rings. The molecule has 1 aliphatic rings. The summed E-state index contributed by atoms with van der Waals surface area (Å²) in [4.78, 5) is 23.0. The highest BCUT2D eigenvalue weighted by atomic mass is 32.2. The van der Waals surface area contributed by atoms with Crippen molar-refractivity contribution < 1.29 is 9.53 Å². The van der Waals surface area contributed by atoms with Crippen molar-refractivity contribution in [1.29, 1.82) is 0 Å². The predicted molar refractivity (Wildman–Crippen MR) is 108 cm³/mol. The molecule has 1 amide bonds. The lowest BCUT2D eigenvalue weighted by molar-refractivity contribution is -0.113. The van der Waals surface area contributed by atoms with Gasteiger partial charge in [0.1, 0.15) is 22.2 Å². The summed E-state index contributed by atoms with van der Waals surface area (Å²) in [5.74, 6) is 1.01. The standard InChI is InChI=1S/C17H24N6O2S2/c1-4-5-15-21-22-17(27-15)20-14(24)9-26-16-6-13(18-10-19-16)23-7-11(2)25-12(3)8-23/h6,10-12H,4-5,7-9H2,1-3H3,(H,20,22,24). The molecule has 0 aliphatic carbocycles. The van der Waals surface area contributed by atoms with Crippen molar-refractivity contribution in [2.24, 2.45) is 0 Å². The number of ether oxygens (including phenoxy) is 1. The molecule has 0 bridgehead atoms. The summed E-state index contributed by atoms with van der Waals surface area (Å²) in [6, 6.07) is 1.92. The molecule has 27 heavy (non-hydrogen) atoms. The fraction of sp³-hybridized carbons (Fsp3) is 0.588. The fourth-order valence-corrected chi connectivity index (χ4v) is 4.38. The lowest BCUT2D eigenvalue weighted by Gasteiger charge is -2.36. The van der Waals surface area contributed by atoms with Crippen molar-refractivity contribution in [3.8, 4) is 0 Å². The molecule has 0 spiro atoms. The molecular formula is C17H24N6O2S2. The molecule has 1 aliphatic heterocycles. The zero-order valence-electron chi connectivity index (χ0n) is 15.7. The Labute approximate surface area is 167 Å². The van der Waals surface area contributed by atoms with Gasteiger partial charge in [0, 0.05) is 25.6 Å². The molecule has 3 rings (SSSR count). The van der Waals surface area contributed by atoms with Crippen molar-refractivity contribution in [2.45, 2.75) is 50.8 Å². The third kappa shape index (κ3) is 5.85. The number of hydrogen-bond acceptors (Lipinski definition) is 9. The molecule has 0 radical (unpaired) electrons. The number of carbonyl (C=O) groups is 1. The van der Waals surface area contributed by atoms with Gasteiger partial charge in [0.2, 0.25) is 11.0 Å². The van der Waals surface area contributed by atoms with Crippen molar-refractivity contribution in [1.82, 2.24) is 20.2 Å². The Morgan fingerprint density at radius 2 is 2.11 bits per heavy atom. The number of anilines is 2. The number of rotatable bonds is 7. The molecule has 1 fully saturated rings. The van der Waals surface area contributed by atoms with Gasteiger partial charge < -0.3 is 9.64 Å². The van der Waals surface area contributed by atoms with Crippen molar-refractivity contribution in [3.63, 3.8) is 0 Å². The van der Waals surface area contributed by atoms with Gasteiger partial charge in [-0.2, -0.15) is 0 Å². The third-order valence-corrected chi connectivity index (χ3v) is 5.72. The number of aryl methyl sites for hydroxylation is 1. The highest BCUT2D eigenvalue weighted by Crippen LogP contribution is 2.23. The number of thioether (sulfide) groups is 1. The van der Waals surface area contributed by atoms with E-state index in [1.54, 1.807) is 6.33 Å². The van der Waals surface area contributed by atoms with Gasteiger partial charge in [-0.15, -0.1) is 10.2 Å². The first-order valence-electron chi connectivity index (χ1n) is 9.01. The van der Waals surface area contributed by atoms with Crippen LogP contribution in [0, 0.1) is 0 Å². The Kier molecular flexibility index (Phi) is 6.97. The molecule has 0 aromatic carbocycles. The van der Waals surface area contributed by atoms with Crippen LogP contribution in [0.2, 0.25) is 0 Å². The van der Waals surface area contributed by atoms with Gasteiger partial charge in [-0.1, -0.05) is 30.0 Å². The Hall–Kier alpha value is -1.78. The topological polar surface area (TPSA) is 93.1 Å². The van der Waals surface area contributed by atoms with Crippen LogP contribution in [0.1, 0.15) is 32.2 Å². The maximum Gasteiger partial charge on any atom is 0.236 e. The van der Waals surface area contributed by atoms with Crippen molar-refractivity contribution in [3.05, 3.63) is 17.4 Å². The van der Waals surface area contributed by atoms with Crippen molar-refractivity contribution >= 4 is 40.0 Å². The van der Waals surface area contributed by atoms with E-state index in [1.807, 2.05) is 6.07 Å². The first-order chi connectivity index (χ1) is 13.0. The van der Waals surface area contributed by atoms with Gasteiger partial charge >= 0.3 is 0 Å². The molecule has 3 heterocycles. The number of amides is 1. The van der Waals surface area contributed by atoms with Crippen LogP contribution >= 0.6 is 23.1 Å². The molecule has 10 heteroatoms. The number of hydrogen-bond donors (Lipinski definition) is 1. The lowest BCUT2D eigenvalue weighted by atomic mass is 10.2. The predicted octanol–water partition coefficient (Wildman–Crippen LogP) is 2.63. The summed E-state index contributed by atoms with van der Waals surface area (Å²) in [7, 11) is 0. The molecule has 1 N–H and O–H groups in total. The highest BCUT2D eigenvalue weighted by molar-refractivity contribution is 7.99. The second-order valence-electron chi connectivity index (χ2n) is 6.46. The van der Waals surface area contributed by atoms with E-state index in [0.717, 1.165) is 41.8 Å². The Morgan fingerprint density at radius 3 is 2.85 bits per heavy atom. The van der Waals surface area contributed by atoms with Crippen LogP contribution in [-0.4, -0.2) is 57.1 Å². The van der Waals surface area contributed by atoms with Gasteiger partial charge in [-0.25, -0.2) is 9.97 Å². The van der Waals surface area contributed by atoms with Gasteiger partial charge in [-0.3, -0.25) is 10.1 Å². The molecular weight excluding hydrogens is 384 g/mol. The molecule has 1 saturated heterocycles. The number of nitrogens with one attached hydrogen (secondary N) is 1. The average molecular weight is 409 g/mol. The Morgan fingerprint density at radius 1 is 1.33 bits per heavy atom. The number of nitrogens with zero attached hydrogens (tertiary/aromatic N) is 5. The van der Waals surface area contributed by atoms with Gasteiger partial charge in [0.25, 0.3) is 0 Å². The summed E-state index contributed by atoms with van der Waals surface area (Å²) in [5.41, 5.74) is 0. The van der Waals surface area contributed by atoms with Crippen LogP contribution in [0.5, 0.6) is 0 Å². The first kappa shape index (κ1) is 20.0. The van der Waals surface area contributed by atoms with E-state index in [0.29, 0.717) is 5.13 Å². The average Bonchev–Trinajstić information content (AvgIpc) is 3.07. The van der Waals surface area contributed by atoms with Crippen LogP contribution in [0.15, 0.2) is 17.4 Å². The maximum atomic E-state index is 12.2. The number of aromatic nitrogens is 4. The Balaban J connectivity index is 1.54. The van der Waals surface area contributed by atoms with Crippen LogP contribution in [-0.2, 0) is 16.0 Å². The molecule has 0 saturated carbocycles. The van der Waals surface area contributed by atoms with Gasteiger partial charge in [-0.05, 0) is 20.3 Å². The van der Waals surface area contributed by atoms with E-state index < -0.39 is 0 Å². The maximum absolute atomic E-state index is 12.2. The zero-order valence-corrected chi connectivity index (χ0v) is 17.3. The van der Waals surface area contributed by atoms with Crippen LogP contribution in [0.4, 0.5) is 10.9 Å². The quantitative estimate of drug-likeness (QED) is 0.552. The van der Waals surface area contributed by atoms with Crippen LogP contribution in [0.3, 0.4) is 0 Å². The molecule has 8 nitrogen and oxygen atoms in total. The summed E-state index contributed by atoms with van der Waals surface area (Å²) >= 11 is 2.80. The lowest BCUT2D eigenvalue weighted by Crippen LogP contribution is -2.45. The van der Waals surface area contributed by atoms with Gasteiger partial charge in [0.15, 0.2) is 0 Å². The summed E-state index contributed by atoms with van der Waals surface area (Å²) in [6.45, 7) is 7.79. The summed E-state index contributed by atoms with van der Waals surface area (Å²) < 4.78 is 5.77. The van der Waals surface area contributed by atoms with E-state index in [1.165, 1.54) is 23.1 Å².